The van der Waals surface area contributed by atoms with Crippen molar-refractivity contribution in [3.63, 3.8) is 0 Å². The normalized spacial score (nSPS) is 16.8. The maximum atomic E-state index is 5.92. The summed E-state index contributed by atoms with van der Waals surface area (Å²) in [6, 6.07) is 10.9. The van der Waals surface area contributed by atoms with Crippen LogP contribution < -0.4 is 11.1 Å². The zero-order chi connectivity index (χ0) is 12.9. The van der Waals surface area contributed by atoms with Crippen LogP contribution in [-0.2, 0) is 0 Å². The molecule has 0 amide bonds. The average molecular weight is 234 g/mol. The lowest BCUT2D eigenvalue weighted by molar-refractivity contribution is 0.274. The van der Waals surface area contributed by atoms with Crippen molar-refractivity contribution in [3.8, 4) is 0 Å². The molecule has 0 aliphatic carbocycles. The first-order chi connectivity index (χ1) is 7.97. The molecule has 3 N–H and O–H groups in total. The molecule has 0 saturated heterocycles. The molecule has 0 heterocycles. The average Bonchev–Trinajstić information content (AvgIpc) is 2.29. The van der Waals surface area contributed by atoms with Crippen LogP contribution in [0.3, 0.4) is 0 Å². The fraction of sp³-hybridized carbons (Fsp3) is 0.600. The van der Waals surface area contributed by atoms with Crippen molar-refractivity contribution in [3.05, 3.63) is 35.9 Å². The summed E-state index contributed by atoms with van der Waals surface area (Å²) in [6.45, 7) is 9.56. The number of hydrogen-bond acceptors (Lipinski definition) is 2. The van der Waals surface area contributed by atoms with E-state index in [1.165, 1.54) is 5.56 Å². The van der Waals surface area contributed by atoms with Crippen LogP contribution in [0.5, 0.6) is 0 Å². The largest absolute Gasteiger partial charge is 0.329 e. The molecular weight excluding hydrogens is 208 g/mol. The molecule has 2 atom stereocenters. The molecule has 17 heavy (non-hydrogen) atoms. The topological polar surface area (TPSA) is 38.0 Å². The lowest BCUT2D eigenvalue weighted by Crippen LogP contribution is -2.50. The van der Waals surface area contributed by atoms with Crippen molar-refractivity contribution >= 4 is 0 Å². The third-order valence-electron chi connectivity index (χ3n) is 3.17. The van der Waals surface area contributed by atoms with Crippen molar-refractivity contribution in [1.82, 2.24) is 5.32 Å². The Morgan fingerprint density at radius 1 is 1.18 bits per heavy atom. The maximum Gasteiger partial charge on any atom is 0.0297 e. The third kappa shape index (κ3) is 4.49. The highest BCUT2D eigenvalue weighted by molar-refractivity contribution is 5.18. The Bertz CT molecular complexity index is 321. The van der Waals surface area contributed by atoms with E-state index in [2.05, 4.69) is 57.3 Å². The minimum absolute atomic E-state index is 0.0173. The molecule has 1 aromatic carbocycles. The van der Waals surface area contributed by atoms with Crippen LogP contribution in [-0.4, -0.2) is 12.1 Å². The minimum Gasteiger partial charge on any atom is -0.329 e. The summed E-state index contributed by atoms with van der Waals surface area (Å²) < 4.78 is 0. The predicted molar refractivity (Wildman–Crippen MR) is 74.9 cm³/mol. The van der Waals surface area contributed by atoms with Gasteiger partial charge in [0.1, 0.15) is 0 Å². The van der Waals surface area contributed by atoms with E-state index in [-0.39, 0.29) is 5.54 Å². The second-order valence-corrected chi connectivity index (χ2v) is 5.64. The van der Waals surface area contributed by atoms with Gasteiger partial charge in [-0.25, -0.2) is 0 Å². The Kier molecular flexibility index (Phi) is 5.16. The molecular formula is C15H26N2. The Labute approximate surface area is 106 Å². The minimum atomic E-state index is 0.0173. The van der Waals surface area contributed by atoms with Gasteiger partial charge in [0.25, 0.3) is 0 Å². The summed E-state index contributed by atoms with van der Waals surface area (Å²) in [5.74, 6) is 0.652. The van der Waals surface area contributed by atoms with Crippen LogP contribution in [0, 0.1) is 5.92 Å². The Hall–Kier alpha value is -0.860. The summed E-state index contributed by atoms with van der Waals surface area (Å²) in [5, 5.41) is 3.67. The van der Waals surface area contributed by atoms with Crippen molar-refractivity contribution in [1.29, 1.82) is 0 Å². The Balaban J connectivity index is 2.68. The summed E-state index contributed by atoms with van der Waals surface area (Å²) in [6.07, 6.45) is 1.10. The van der Waals surface area contributed by atoms with Gasteiger partial charge in [0, 0.05) is 18.1 Å². The first-order valence-electron chi connectivity index (χ1n) is 6.49. The van der Waals surface area contributed by atoms with Crippen LogP contribution in [0.1, 0.15) is 45.7 Å². The van der Waals surface area contributed by atoms with Crippen molar-refractivity contribution in [2.45, 2.75) is 45.7 Å². The monoisotopic (exact) mass is 234 g/mol. The number of benzene rings is 1. The first-order valence-corrected chi connectivity index (χ1v) is 6.49. The molecule has 2 nitrogen and oxygen atoms in total. The van der Waals surface area contributed by atoms with Crippen molar-refractivity contribution in [2.24, 2.45) is 11.7 Å². The van der Waals surface area contributed by atoms with E-state index >= 15 is 0 Å². The van der Waals surface area contributed by atoms with Gasteiger partial charge in [0.05, 0.1) is 0 Å². The standard InChI is InChI=1S/C15H26N2/c1-12(2)10-15(4,11-16)17-13(3)14-8-6-5-7-9-14/h5-9,12-13,17H,10-11,16H2,1-4H3. The van der Waals surface area contributed by atoms with Gasteiger partial charge in [-0.05, 0) is 31.7 Å². The molecule has 2 unspecified atom stereocenters. The lowest BCUT2D eigenvalue weighted by Gasteiger charge is -2.34. The maximum absolute atomic E-state index is 5.92. The van der Waals surface area contributed by atoms with Gasteiger partial charge >= 0.3 is 0 Å². The van der Waals surface area contributed by atoms with Gasteiger partial charge in [0.2, 0.25) is 0 Å². The van der Waals surface area contributed by atoms with E-state index in [4.69, 9.17) is 5.73 Å². The van der Waals surface area contributed by atoms with Crippen molar-refractivity contribution in [2.75, 3.05) is 6.54 Å². The Morgan fingerprint density at radius 3 is 2.24 bits per heavy atom. The second kappa shape index (κ2) is 6.18. The molecule has 0 saturated carbocycles. The highest BCUT2D eigenvalue weighted by Gasteiger charge is 2.25. The highest BCUT2D eigenvalue weighted by atomic mass is 15.0. The fourth-order valence-corrected chi connectivity index (χ4v) is 2.45. The fourth-order valence-electron chi connectivity index (χ4n) is 2.45. The van der Waals surface area contributed by atoms with Gasteiger partial charge in [0.15, 0.2) is 0 Å². The van der Waals surface area contributed by atoms with Gasteiger partial charge < -0.3 is 11.1 Å². The third-order valence-corrected chi connectivity index (χ3v) is 3.17. The van der Waals surface area contributed by atoms with Gasteiger partial charge in [-0.1, -0.05) is 44.2 Å². The van der Waals surface area contributed by atoms with E-state index in [9.17, 15) is 0 Å². The van der Waals surface area contributed by atoms with Gasteiger partial charge in [-0.15, -0.1) is 0 Å². The summed E-state index contributed by atoms with van der Waals surface area (Å²) in [5.41, 5.74) is 7.25. The highest BCUT2D eigenvalue weighted by Crippen LogP contribution is 2.21. The van der Waals surface area contributed by atoms with E-state index in [0.717, 1.165) is 6.42 Å². The molecule has 2 heteroatoms. The number of hydrogen-bond donors (Lipinski definition) is 2. The number of nitrogens with one attached hydrogen (secondary N) is 1. The zero-order valence-electron chi connectivity index (χ0n) is 11.5. The molecule has 0 spiro atoms. The molecule has 0 aromatic heterocycles. The number of rotatable bonds is 6. The zero-order valence-corrected chi connectivity index (χ0v) is 11.5. The first kappa shape index (κ1) is 14.2. The van der Waals surface area contributed by atoms with E-state index in [1.54, 1.807) is 0 Å². The molecule has 0 aliphatic heterocycles. The van der Waals surface area contributed by atoms with Crippen LogP contribution in [0.25, 0.3) is 0 Å². The van der Waals surface area contributed by atoms with E-state index in [1.807, 2.05) is 6.07 Å². The summed E-state index contributed by atoms with van der Waals surface area (Å²) in [4.78, 5) is 0. The molecule has 0 radical (unpaired) electrons. The summed E-state index contributed by atoms with van der Waals surface area (Å²) in [7, 11) is 0. The molecule has 96 valence electrons. The molecule has 0 bridgehead atoms. The van der Waals surface area contributed by atoms with Gasteiger partial charge in [-0.3, -0.25) is 0 Å². The molecule has 0 aliphatic rings. The van der Waals surface area contributed by atoms with Crippen LogP contribution >= 0.6 is 0 Å². The van der Waals surface area contributed by atoms with Crippen LogP contribution in [0.15, 0.2) is 30.3 Å². The second-order valence-electron chi connectivity index (χ2n) is 5.64. The molecule has 1 rings (SSSR count). The number of nitrogens with two attached hydrogens (primary N) is 1. The van der Waals surface area contributed by atoms with E-state index < -0.39 is 0 Å². The predicted octanol–water partition coefficient (Wildman–Crippen LogP) is 3.10. The van der Waals surface area contributed by atoms with Gasteiger partial charge in [-0.2, -0.15) is 0 Å². The van der Waals surface area contributed by atoms with Crippen LogP contribution in [0.4, 0.5) is 0 Å². The smallest absolute Gasteiger partial charge is 0.0297 e. The molecule has 1 aromatic rings. The summed E-state index contributed by atoms with van der Waals surface area (Å²) >= 11 is 0. The lowest BCUT2D eigenvalue weighted by atomic mass is 9.89. The SMILES string of the molecule is CC(C)CC(C)(CN)NC(C)c1ccccc1. The molecule has 0 fully saturated rings. The Morgan fingerprint density at radius 2 is 1.76 bits per heavy atom. The quantitative estimate of drug-likeness (QED) is 0.793. The van der Waals surface area contributed by atoms with E-state index in [0.29, 0.717) is 18.5 Å². The van der Waals surface area contributed by atoms with Crippen LogP contribution in [0.2, 0.25) is 0 Å². The van der Waals surface area contributed by atoms with Crippen molar-refractivity contribution < 1.29 is 0 Å².